The minimum absolute atomic E-state index is 0.0895. The number of para-hydroxylation sites is 1. The van der Waals surface area contributed by atoms with Crippen molar-refractivity contribution in [1.82, 2.24) is 9.80 Å². The Balaban J connectivity index is 1.70. The zero-order valence-electron chi connectivity index (χ0n) is 17.9. The molecule has 3 rings (SSSR count). The van der Waals surface area contributed by atoms with Gasteiger partial charge in [0.1, 0.15) is 5.75 Å². The van der Waals surface area contributed by atoms with Crippen LogP contribution in [0.5, 0.6) is 17.2 Å². The molecule has 0 N–H and O–H groups in total. The van der Waals surface area contributed by atoms with Crippen molar-refractivity contribution in [2.24, 2.45) is 0 Å². The second-order valence-corrected chi connectivity index (χ2v) is 7.36. The number of amides is 1. The molecule has 0 aliphatic carbocycles. The van der Waals surface area contributed by atoms with Crippen LogP contribution in [0.15, 0.2) is 36.4 Å². The van der Waals surface area contributed by atoms with Gasteiger partial charge < -0.3 is 19.1 Å². The van der Waals surface area contributed by atoms with Crippen molar-refractivity contribution in [2.75, 3.05) is 41.5 Å². The number of likely N-dealkylation sites (N-methyl/N-ethyl adjacent to an activating group) is 1. The van der Waals surface area contributed by atoms with Crippen LogP contribution in [0.25, 0.3) is 0 Å². The summed E-state index contributed by atoms with van der Waals surface area (Å²) >= 11 is 0. The van der Waals surface area contributed by atoms with Crippen molar-refractivity contribution >= 4 is 5.91 Å². The third kappa shape index (κ3) is 4.48. The lowest BCUT2D eigenvalue weighted by atomic mass is 9.92. The molecule has 29 heavy (non-hydrogen) atoms. The van der Waals surface area contributed by atoms with Crippen molar-refractivity contribution < 1.29 is 19.0 Å². The molecule has 0 aromatic heterocycles. The predicted octanol–water partition coefficient (Wildman–Crippen LogP) is 3.29. The number of fused-ring (bicyclic) bond motifs is 1. The van der Waals surface area contributed by atoms with E-state index >= 15 is 0 Å². The Kier molecular flexibility index (Phi) is 6.64. The molecule has 0 spiro atoms. The molecular formula is C23H30N2O4. The summed E-state index contributed by atoms with van der Waals surface area (Å²) in [5.41, 5.74) is 3.44. The van der Waals surface area contributed by atoms with Gasteiger partial charge in [-0.2, -0.15) is 0 Å². The van der Waals surface area contributed by atoms with Crippen LogP contribution in [0, 0.1) is 0 Å². The first kappa shape index (κ1) is 21.0. The summed E-state index contributed by atoms with van der Waals surface area (Å²) in [6.07, 6.45) is 0.879. The average molecular weight is 399 g/mol. The largest absolute Gasteiger partial charge is 0.496 e. The van der Waals surface area contributed by atoms with Crippen molar-refractivity contribution in [2.45, 2.75) is 25.9 Å². The maximum atomic E-state index is 12.9. The first-order valence-electron chi connectivity index (χ1n) is 9.83. The number of carbonyl (C=O) groups excluding carboxylic acids is 1. The number of nitrogens with zero attached hydrogens (tertiary/aromatic N) is 2. The fourth-order valence-corrected chi connectivity index (χ4v) is 3.88. The molecule has 0 fully saturated rings. The molecule has 2 aromatic rings. The Morgan fingerprint density at radius 1 is 1.07 bits per heavy atom. The van der Waals surface area contributed by atoms with Gasteiger partial charge in [0.2, 0.25) is 5.91 Å². The lowest BCUT2D eigenvalue weighted by Gasteiger charge is -2.36. The Labute approximate surface area is 173 Å². The van der Waals surface area contributed by atoms with Crippen molar-refractivity contribution in [1.29, 1.82) is 0 Å². The van der Waals surface area contributed by atoms with Crippen LogP contribution in [0.3, 0.4) is 0 Å². The Morgan fingerprint density at radius 2 is 1.72 bits per heavy atom. The van der Waals surface area contributed by atoms with Crippen LogP contribution < -0.4 is 14.2 Å². The second-order valence-electron chi connectivity index (χ2n) is 7.36. The average Bonchev–Trinajstić information content (AvgIpc) is 2.75. The monoisotopic (exact) mass is 398 g/mol. The molecule has 1 heterocycles. The molecular weight excluding hydrogens is 368 g/mol. The standard InChI is InChI=1S/C23H30N2O4/c1-16-19-13-22(29-5)21(28-4)12-17(19)10-11-25(16)15-23(26)24(2)14-18-8-6-7-9-20(18)27-3/h6-9,12-13,16H,10-11,14-15H2,1-5H3. The maximum absolute atomic E-state index is 12.9. The molecule has 156 valence electrons. The molecule has 0 bridgehead atoms. The quantitative estimate of drug-likeness (QED) is 0.716. The topological polar surface area (TPSA) is 51.2 Å². The smallest absolute Gasteiger partial charge is 0.236 e. The van der Waals surface area contributed by atoms with Gasteiger partial charge in [0.25, 0.3) is 0 Å². The molecule has 1 amide bonds. The van der Waals surface area contributed by atoms with Crippen LogP contribution in [0.4, 0.5) is 0 Å². The normalized spacial score (nSPS) is 16.1. The van der Waals surface area contributed by atoms with E-state index in [4.69, 9.17) is 14.2 Å². The Bertz CT molecular complexity index is 868. The van der Waals surface area contributed by atoms with E-state index in [1.807, 2.05) is 37.4 Å². The number of rotatable bonds is 7. The maximum Gasteiger partial charge on any atom is 0.236 e. The van der Waals surface area contributed by atoms with Gasteiger partial charge in [-0.3, -0.25) is 9.69 Å². The minimum Gasteiger partial charge on any atom is -0.496 e. The van der Waals surface area contributed by atoms with Gasteiger partial charge in [-0.15, -0.1) is 0 Å². The van der Waals surface area contributed by atoms with Crippen LogP contribution in [-0.2, 0) is 17.8 Å². The molecule has 0 saturated heterocycles. The number of benzene rings is 2. The van der Waals surface area contributed by atoms with E-state index in [0.29, 0.717) is 13.1 Å². The van der Waals surface area contributed by atoms with E-state index in [-0.39, 0.29) is 11.9 Å². The fraction of sp³-hybridized carbons (Fsp3) is 0.435. The summed E-state index contributed by atoms with van der Waals surface area (Å²) in [6, 6.07) is 12.0. The number of ether oxygens (including phenoxy) is 3. The number of hydrogen-bond donors (Lipinski definition) is 0. The molecule has 1 unspecified atom stereocenters. The summed E-state index contributed by atoms with van der Waals surface area (Å²) in [4.78, 5) is 16.9. The zero-order valence-corrected chi connectivity index (χ0v) is 17.9. The van der Waals surface area contributed by atoms with Gasteiger partial charge >= 0.3 is 0 Å². The molecule has 1 atom stereocenters. The minimum atomic E-state index is 0.0895. The number of methoxy groups -OCH3 is 3. The summed E-state index contributed by atoms with van der Waals surface area (Å²) < 4.78 is 16.3. The molecule has 2 aromatic carbocycles. The van der Waals surface area contributed by atoms with Gasteiger partial charge in [0.15, 0.2) is 11.5 Å². The van der Waals surface area contributed by atoms with E-state index in [9.17, 15) is 4.79 Å². The first-order valence-corrected chi connectivity index (χ1v) is 9.83. The zero-order chi connectivity index (χ0) is 21.0. The molecule has 6 nitrogen and oxygen atoms in total. The first-order chi connectivity index (χ1) is 14.0. The van der Waals surface area contributed by atoms with Gasteiger partial charge in [0.05, 0.1) is 27.9 Å². The molecule has 0 saturated carbocycles. The summed E-state index contributed by atoms with van der Waals surface area (Å²) in [5, 5.41) is 0. The summed E-state index contributed by atoms with van der Waals surface area (Å²) in [6.45, 7) is 3.86. The highest BCUT2D eigenvalue weighted by Crippen LogP contribution is 2.37. The van der Waals surface area contributed by atoms with Crippen molar-refractivity contribution in [3.63, 3.8) is 0 Å². The van der Waals surface area contributed by atoms with E-state index in [1.165, 1.54) is 11.1 Å². The third-order valence-corrected chi connectivity index (χ3v) is 5.68. The number of hydrogen-bond acceptors (Lipinski definition) is 5. The Morgan fingerprint density at radius 3 is 2.41 bits per heavy atom. The van der Waals surface area contributed by atoms with Crippen molar-refractivity contribution in [3.05, 3.63) is 53.1 Å². The number of carbonyl (C=O) groups is 1. The van der Waals surface area contributed by atoms with Gasteiger partial charge in [-0.05, 0) is 42.7 Å². The highest BCUT2D eigenvalue weighted by atomic mass is 16.5. The highest BCUT2D eigenvalue weighted by molar-refractivity contribution is 5.78. The van der Waals surface area contributed by atoms with Crippen LogP contribution in [-0.4, -0.2) is 57.2 Å². The van der Waals surface area contributed by atoms with E-state index < -0.39 is 0 Å². The van der Waals surface area contributed by atoms with Gasteiger partial charge in [0, 0.05) is 31.7 Å². The van der Waals surface area contributed by atoms with Gasteiger partial charge in [-0.1, -0.05) is 18.2 Å². The second kappa shape index (κ2) is 9.18. The van der Waals surface area contributed by atoms with Crippen LogP contribution in [0.2, 0.25) is 0 Å². The van der Waals surface area contributed by atoms with Crippen LogP contribution >= 0.6 is 0 Å². The molecule has 6 heteroatoms. The molecule has 1 aliphatic heterocycles. The highest BCUT2D eigenvalue weighted by Gasteiger charge is 2.28. The van der Waals surface area contributed by atoms with Crippen LogP contribution in [0.1, 0.15) is 29.7 Å². The molecule has 0 radical (unpaired) electrons. The predicted molar refractivity (Wildman–Crippen MR) is 113 cm³/mol. The lowest BCUT2D eigenvalue weighted by molar-refractivity contribution is -0.132. The van der Waals surface area contributed by atoms with E-state index in [0.717, 1.165) is 35.8 Å². The summed E-state index contributed by atoms with van der Waals surface area (Å²) in [5.74, 6) is 2.36. The van der Waals surface area contributed by atoms with Crippen molar-refractivity contribution in [3.8, 4) is 17.2 Å². The third-order valence-electron chi connectivity index (χ3n) is 5.68. The van der Waals surface area contributed by atoms with Gasteiger partial charge in [-0.25, -0.2) is 0 Å². The molecule has 1 aliphatic rings. The lowest BCUT2D eigenvalue weighted by Crippen LogP contribution is -2.42. The fourth-order valence-electron chi connectivity index (χ4n) is 3.88. The van der Waals surface area contributed by atoms with E-state index in [1.54, 1.807) is 26.2 Å². The SMILES string of the molecule is COc1ccccc1CN(C)C(=O)CN1CCc2cc(OC)c(OC)cc2C1C. The summed E-state index contributed by atoms with van der Waals surface area (Å²) in [7, 11) is 6.78. The van der Waals surface area contributed by atoms with E-state index in [2.05, 4.69) is 17.9 Å². The Hall–Kier alpha value is -2.73.